The van der Waals surface area contributed by atoms with E-state index in [1.54, 1.807) is 11.8 Å². The van der Waals surface area contributed by atoms with Gasteiger partial charge in [-0.05, 0) is 25.7 Å². The van der Waals surface area contributed by atoms with E-state index in [1.807, 2.05) is 0 Å². The third kappa shape index (κ3) is 3.08. The van der Waals surface area contributed by atoms with E-state index in [0.717, 1.165) is 6.54 Å². The number of amides is 1. The number of carbonyl (C=O) groups excluding carboxylic acids is 1. The highest BCUT2D eigenvalue weighted by Gasteiger charge is 2.27. The van der Waals surface area contributed by atoms with Gasteiger partial charge < -0.3 is 10.6 Å². The van der Waals surface area contributed by atoms with Crippen LogP contribution in [0, 0.1) is 18.3 Å². The number of nitrogens with two attached hydrogens (primary N) is 1. The molecule has 0 aromatic heterocycles. The molecule has 0 radical (unpaired) electrons. The molecule has 1 amide bonds. The molecule has 0 aromatic rings. The van der Waals surface area contributed by atoms with Gasteiger partial charge in [0.05, 0.1) is 12.6 Å². The van der Waals surface area contributed by atoms with Gasteiger partial charge in [0, 0.05) is 6.54 Å². The third-order valence-electron chi connectivity index (χ3n) is 2.16. The van der Waals surface area contributed by atoms with Crippen LogP contribution in [-0.2, 0) is 4.79 Å². The SMILES string of the molecule is C#CCN(CC1CC1)C(=O)[C@H](C)N. The normalized spacial score (nSPS) is 17.6. The first kappa shape index (κ1) is 10.1. The molecule has 0 spiro atoms. The fraction of sp³-hybridized carbons (Fsp3) is 0.700. The zero-order valence-electron chi connectivity index (χ0n) is 7.99. The van der Waals surface area contributed by atoms with Gasteiger partial charge in [-0.1, -0.05) is 5.92 Å². The summed E-state index contributed by atoms with van der Waals surface area (Å²) in [6.07, 6.45) is 7.61. The molecule has 2 N–H and O–H groups in total. The van der Waals surface area contributed by atoms with E-state index < -0.39 is 6.04 Å². The van der Waals surface area contributed by atoms with E-state index in [0.29, 0.717) is 12.5 Å². The summed E-state index contributed by atoms with van der Waals surface area (Å²) in [7, 11) is 0. The fourth-order valence-corrected chi connectivity index (χ4v) is 1.24. The minimum Gasteiger partial charge on any atom is -0.330 e. The molecule has 0 unspecified atom stereocenters. The maximum Gasteiger partial charge on any atom is 0.239 e. The fourth-order valence-electron chi connectivity index (χ4n) is 1.24. The average Bonchev–Trinajstić information content (AvgIpc) is 2.86. The van der Waals surface area contributed by atoms with Crippen molar-refractivity contribution in [1.29, 1.82) is 0 Å². The average molecular weight is 180 g/mol. The molecular weight excluding hydrogens is 164 g/mol. The topological polar surface area (TPSA) is 46.3 Å². The summed E-state index contributed by atoms with van der Waals surface area (Å²) in [5, 5.41) is 0. The lowest BCUT2D eigenvalue weighted by atomic mass is 10.2. The van der Waals surface area contributed by atoms with Gasteiger partial charge in [0.1, 0.15) is 0 Å². The Balaban J connectivity index is 2.45. The minimum atomic E-state index is -0.438. The Bertz CT molecular complexity index is 226. The van der Waals surface area contributed by atoms with E-state index in [2.05, 4.69) is 5.92 Å². The molecular formula is C10H16N2O. The van der Waals surface area contributed by atoms with Crippen LogP contribution < -0.4 is 5.73 Å². The number of hydrogen-bond donors (Lipinski definition) is 1. The number of hydrogen-bond acceptors (Lipinski definition) is 2. The Morgan fingerprint density at radius 2 is 2.38 bits per heavy atom. The lowest BCUT2D eigenvalue weighted by Gasteiger charge is -2.21. The maximum atomic E-state index is 11.5. The maximum absolute atomic E-state index is 11.5. The van der Waals surface area contributed by atoms with Crippen LogP contribution in [-0.4, -0.2) is 29.9 Å². The van der Waals surface area contributed by atoms with E-state index in [-0.39, 0.29) is 5.91 Å². The summed E-state index contributed by atoms with van der Waals surface area (Å²) in [5.41, 5.74) is 5.50. The van der Waals surface area contributed by atoms with Crippen LogP contribution in [0.3, 0.4) is 0 Å². The monoisotopic (exact) mass is 180 g/mol. The van der Waals surface area contributed by atoms with Gasteiger partial charge in [0.25, 0.3) is 0 Å². The smallest absolute Gasteiger partial charge is 0.239 e. The molecule has 3 nitrogen and oxygen atoms in total. The van der Waals surface area contributed by atoms with Crippen molar-refractivity contribution >= 4 is 5.91 Å². The molecule has 13 heavy (non-hydrogen) atoms. The van der Waals surface area contributed by atoms with Crippen LogP contribution in [0.15, 0.2) is 0 Å². The van der Waals surface area contributed by atoms with E-state index in [4.69, 9.17) is 12.2 Å². The highest BCUT2D eigenvalue weighted by Crippen LogP contribution is 2.29. The number of terminal acetylenes is 1. The second kappa shape index (κ2) is 4.29. The van der Waals surface area contributed by atoms with Gasteiger partial charge in [-0.25, -0.2) is 0 Å². The summed E-state index contributed by atoms with van der Waals surface area (Å²) in [4.78, 5) is 13.2. The molecule has 1 atom stereocenters. The number of carbonyl (C=O) groups is 1. The zero-order valence-corrected chi connectivity index (χ0v) is 7.99. The van der Waals surface area contributed by atoms with Gasteiger partial charge >= 0.3 is 0 Å². The van der Waals surface area contributed by atoms with Crippen molar-refractivity contribution in [2.75, 3.05) is 13.1 Å². The molecule has 1 fully saturated rings. The summed E-state index contributed by atoms with van der Waals surface area (Å²) < 4.78 is 0. The molecule has 1 aliphatic rings. The van der Waals surface area contributed by atoms with Crippen LogP contribution in [0.5, 0.6) is 0 Å². The summed E-state index contributed by atoms with van der Waals surface area (Å²) in [5.74, 6) is 3.11. The van der Waals surface area contributed by atoms with Gasteiger partial charge in [-0.2, -0.15) is 0 Å². The number of nitrogens with zero attached hydrogens (tertiary/aromatic N) is 1. The van der Waals surface area contributed by atoms with Crippen molar-refractivity contribution in [1.82, 2.24) is 4.90 Å². The molecule has 72 valence electrons. The molecule has 0 heterocycles. The van der Waals surface area contributed by atoms with Crippen molar-refractivity contribution in [2.24, 2.45) is 11.7 Å². The molecule has 1 saturated carbocycles. The first-order valence-corrected chi connectivity index (χ1v) is 4.63. The Hall–Kier alpha value is -1.01. The van der Waals surface area contributed by atoms with Crippen molar-refractivity contribution < 1.29 is 4.79 Å². The summed E-state index contributed by atoms with van der Waals surface area (Å²) in [6, 6.07) is -0.438. The van der Waals surface area contributed by atoms with Crippen molar-refractivity contribution in [3.63, 3.8) is 0 Å². The van der Waals surface area contributed by atoms with Crippen LogP contribution in [0.25, 0.3) is 0 Å². The Morgan fingerprint density at radius 3 is 2.77 bits per heavy atom. The summed E-state index contributed by atoms with van der Waals surface area (Å²) in [6.45, 7) is 2.86. The molecule has 1 aliphatic carbocycles. The Labute approximate surface area is 79.3 Å². The second-order valence-corrected chi connectivity index (χ2v) is 3.65. The van der Waals surface area contributed by atoms with Crippen molar-refractivity contribution in [2.45, 2.75) is 25.8 Å². The van der Waals surface area contributed by atoms with Gasteiger partial charge in [0.15, 0.2) is 0 Å². The Morgan fingerprint density at radius 1 is 1.77 bits per heavy atom. The Kier molecular flexibility index (Phi) is 3.32. The van der Waals surface area contributed by atoms with Crippen LogP contribution in [0.2, 0.25) is 0 Å². The van der Waals surface area contributed by atoms with Gasteiger partial charge in [0.2, 0.25) is 5.91 Å². The summed E-state index contributed by atoms with van der Waals surface area (Å²) >= 11 is 0. The first-order valence-electron chi connectivity index (χ1n) is 4.63. The standard InChI is InChI=1S/C10H16N2O/c1-3-6-12(7-9-4-5-9)10(13)8(2)11/h1,8-9H,4-7,11H2,2H3/t8-/m0/s1. The van der Waals surface area contributed by atoms with Gasteiger partial charge in [-0.15, -0.1) is 6.42 Å². The highest BCUT2D eigenvalue weighted by molar-refractivity contribution is 5.81. The predicted octanol–water partition coefficient (Wildman–Crippen LogP) is 0.205. The minimum absolute atomic E-state index is 0.0372. The lowest BCUT2D eigenvalue weighted by molar-refractivity contribution is -0.131. The molecule has 0 aliphatic heterocycles. The number of rotatable bonds is 4. The molecule has 0 bridgehead atoms. The van der Waals surface area contributed by atoms with Crippen LogP contribution >= 0.6 is 0 Å². The van der Waals surface area contributed by atoms with E-state index >= 15 is 0 Å². The zero-order chi connectivity index (χ0) is 9.84. The van der Waals surface area contributed by atoms with Gasteiger partial charge in [-0.3, -0.25) is 4.79 Å². The molecule has 0 saturated heterocycles. The van der Waals surface area contributed by atoms with Crippen molar-refractivity contribution in [3.8, 4) is 12.3 Å². The van der Waals surface area contributed by atoms with Crippen LogP contribution in [0.1, 0.15) is 19.8 Å². The third-order valence-corrected chi connectivity index (χ3v) is 2.16. The van der Waals surface area contributed by atoms with Crippen LogP contribution in [0.4, 0.5) is 0 Å². The van der Waals surface area contributed by atoms with E-state index in [1.165, 1.54) is 12.8 Å². The molecule has 1 rings (SSSR count). The van der Waals surface area contributed by atoms with E-state index in [9.17, 15) is 4.79 Å². The highest BCUT2D eigenvalue weighted by atomic mass is 16.2. The molecule has 0 aromatic carbocycles. The largest absolute Gasteiger partial charge is 0.330 e. The first-order chi connectivity index (χ1) is 6.15. The predicted molar refractivity (Wildman–Crippen MR) is 51.8 cm³/mol. The lowest BCUT2D eigenvalue weighted by Crippen LogP contribution is -2.43. The molecule has 3 heteroatoms. The quantitative estimate of drug-likeness (QED) is 0.628. The second-order valence-electron chi connectivity index (χ2n) is 3.65. The van der Waals surface area contributed by atoms with Crippen molar-refractivity contribution in [3.05, 3.63) is 0 Å².